The zero-order valence-corrected chi connectivity index (χ0v) is 9.29. The van der Waals surface area contributed by atoms with Crippen molar-refractivity contribution in [1.82, 2.24) is 0 Å². The molecule has 0 aromatic heterocycles. The Hall–Kier alpha value is -1.05. The van der Waals surface area contributed by atoms with Crippen molar-refractivity contribution >= 4 is 0 Å². The van der Waals surface area contributed by atoms with Crippen molar-refractivity contribution in [2.75, 3.05) is 0 Å². The molecule has 0 saturated heterocycles. The van der Waals surface area contributed by atoms with Gasteiger partial charge in [0.2, 0.25) is 0 Å². The van der Waals surface area contributed by atoms with Crippen LogP contribution in [0, 0.1) is 5.82 Å². The number of ether oxygens (including phenoxy) is 1. The van der Waals surface area contributed by atoms with Crippen LogP contribution in [0.4, 0.5) is 4.39 Å². The minimum Gasteiger partial charge on any atom is -0.487 e. The summed E-state index contributed by atoms with van der Waals surface area (Å²) in [6.07, 6.45) is 3.56. The largest absolute Gasteiger partial charge is 0.487 e. The summed E-state index contributed by atoms with van der Waals surface area (Å²) < 4.78 is 19.0. The molecule has 0 heterocycles. The highest BCUT2D eigenvalue weighted by Gasteiger charge is 2.20. The summed E-state index contributed by atoms with van der Waals surface area (Å²) in [7, 11) is 0. The van der Waals surface area contributed by atoms with E-state index in [-0.39, 0.29) is 11.9 Å². The molecule has 1 fully saturated rings. The summed E-state index contributed by atoms with van der Waals surface area (Å²) in [5, 5.41) is 0. The van der Waals surface area contributed by atoms with Gasteiger partial charge in [-0.25, -0.2) is 4.39 Å². The molecule has 0 aliphatic heterocycles. The molecular weight excluding hydrogens is 191 g/mol. The lowest BCUT2D eigenvalue weighted by molar-refractivity contribution is 0.115. The Bertz CT molecular complexity index is 342. The smallest absolute Gasteiger partial charge is 0.165 e. The lowest BCUT2D eigenvalue weighted by Gasteiger charge is -2.26. The number of halogens is 1. The third-order valence-corrected chi connectivity index (χ3v) is 2.97. The van der Waals surface area contributed by atoms with Crippen molar-refractivity contribution in [1.29, 1.82) is 0 Å². The molecule has 0 unspecified atom stereocenters. The lowest BCUT2D eigenvalue weighted by Crippen LogP contribution is -2.25. The van der Waals surface area contributed by atoms with Crippen LogP contribution in [0.3, 0.4) is 0 Å². The molecule has 2 rings (SSSR count). The van der Waals surface area contributed by atoms with Crippen LogP contribution in [-0.4, -0.2) is 6.10 Å². The third-order valence-electron chi connectivity index (χ3n) is 2.97. The van der Waals surface area contributed by atoms with Gasteiger partial charge in [0.25, 0.3) is 0 Å². The first-order valence-corrected chi connectivity index (χ1v) is 5.63. The molecule has 0 radical (unpaired) electrons. The van der Waals surface area contributed by atoms with E-state index in [0.717, 1.165) is 18.4 Å². The minimum atomic E-state index is -0.244. The molecule has 1 saturated carbocycles. The van der Waals surface area contributed by atoms with E-state index in [4.69, 9.17) is 4.74 Å². The fraction of sp³-hybridized carbons (Fsp3) is 0.538. The van der Waals surface area contributed by atoms with E-state index in [0.29, 0.717) is 11.7 Å². The fourth-order valence-corrected chi connectivity index (χ4v) is 1.64. The van der Waals surface area contributed by atoms with Crippen LogP contribution >= 0.6 is 0 Å². The van der Waals surface area contributed by atoms with Gasteiger partial charge in [0.05, 0.1) is 6.10 Å². The second-order valence-electron chi connectivity index (χ2n) is 4.52. The van der Waals surface area contributed by atoms with Gasteiger partial charge in [-0.3, -0.25) is 0 Å². The Morgan fingerprint density at radius 2 is 2.07 bits per heavy atom. The maximum Gasteiger partial charge on any atom is 0.165 e. The molecule has 1 aliphatic carbocycles. The van der Waals surface area contributed by atoms with E-state index in [2.05, 4.69) is 13.8 Å². The van der Waals surface area contributed by atoms with Crippen molar-refractivity contribution in [3.05, 3.63) is 29.6 Å². The van der Waals surface area contributed by atoms with Gasteiger partial charge in [0.1, 0.15) is 0 Å². The van der Waals surface area contributed by atoms with E-state index in [1.54, 1.807) is 0 Å². The van der Waals surface area contributed by atoms with Crippen molar-refractivity contribution in [3.8, 4) is 5.75 Å². The van der Waals surface area contributed by atoms with Gasteiger partial charge in [-0.05, 0) is 42.9 Å². The average molecular weight is 208 g/mol. The molecule has 1 aliphatic rings. The van der Waals surface area contributed by atoms with Crippen molar-refractivity contribution in [3.63, 3.8) is 0 Å². The quantitative estimate of drug-likeness (QED) is 0.732. The van der Waals surface area contributed by atoms with Gasteiger partial charge in [0, 0.05) is 0 Å². The van der Waals surface area contributed by atoms with Gasteiger partial charge >= 0.3 is 0 Å². The predicted molar refractivity (Wildman–Crippen MR) is 58.8 cm³/mol. The lowest BCUT2D eigenvalue weighted by atomic mass is 9.96. The molecule has 0 amide bonds. The second kappa shape index (κ2) is 4.21. The highest BCUT2D eigenvalue weighted by molar-refractivity contribution is 5.32. The van der Waals surface area contributed by atoms with Crippen molar-refractivity contribution in [2.45, 2.75) is 45.1 Å². The normalized spacial score (nSPS) is 16.5. The minimum absolute atomic E-state index is 0.238. The van der Waals surface area contributed by atoms with E-state index < -0.39 is 0 Å². The first-order chi connectivity index (χ1) is 7.16. The molecule has 15 heavy (non-hydrogen) atoms. The van der Waals surface area contributed by atoms with Gasteiger partial charge in [-0.2, -0.15) is 0 Å². The predicted octanol–water partition coefficient (Wildman–Crippen LogP) is 3.88. The monoisotopic (exact) mass is 208 g/mol. The van der Waals surface area contributed by atoms with Gasteiger partial charge in [-0.1, -0.05) is 19.9 Å². The van der Waals surface area contributed by atoms with E-state index in [1.807, 2.05) is 12.1 Å². The van der Waals surface area contributed by atoms with Crippen LogP contribution in [0.2, 0.25) is 0 Å². The molecule has 0 atom stereocenters. The highest BCUT2D eigenvalue weighted by Crippen LogP contribution is 2.29. The standard InChI is InChI=1S/C13H17FO/c1-9(2)10-6-7-12(14)13(8-10)15-11-4-3-5-11/h6-9,11H,3-5H2,1-2H3. The molecule has 82 valence electrons. The first-order valence-electron chi connectivity index (χ1n) is 5.63. The van der Waals surface area contributed by atoms with Crippen molar-refractivity contribution in [2.24, 2.45) is 0 Å². The van der Waals surface area contributed by atoms with E-state index >= 15 is 0 Å². The molecule has 0 spiro atoms. The number of hydrogen-bond donors (Lipinski definition) is 0. The van der Waals surface area contributed by atoms with Crippen LogP contribution in [0.5, 0.6) is 5.75 Å². The fourth-order valence-electron chi connectivity index (χ4n) is 1.64. The Balaban J connectivity index is 2.16. The maximum absolute atomic E-state index is 13.4. The van der Waals surface area contributed by atoms with Crippen LogP contribution in [0.15, 0.2) is 18.2 Å². The molecule has 1 aromatic rings. The molecule has 1 aromatic carbocycles. The van der Waals surface area contributed by atoms with Crippen LogP contribution < -0.4 is 4.74 Å². The zero-order valence-electron chi connectivity index (χ0n) is 9.29. The second-order valence-corrected chi connectivity index (χ2v) is 4.52. The van der Waals surface area contributed by atoms with Gasteiger partial charge in [-0.15, -0.1) is 0 Å². The summed E-state index contributed by atoms with van der Waals surface area (Å²) in [5.41, 5.74) is 1.13. The van der Waals surface area contributed by atoms with Gasteiger partial charge < -0.3 is 4.74 Å². The Kier molecular flexibility index (Phi) is 2.94. The highest BCUT2D eigenvalue weighted by atomic mass is 19.1. The summed E-state index contributed by atoms with van der Waals surface area (Å²) in [4.78, 5) is 0. The average Bonchev–Trinajstić information content (AvgIpc) is 2.13. The molecule has 0 bridgehead atoms. The summed E-state index contributed by atoms with van der Waals surface area (Å²) in [6.45, 7) is 4.20. The number of benzene rings is 1. The summed E-state index contributed by atoms with van der Waals surface area (Å²) in [5.74, 6) is 0.589. The molecule has 1 nitrogen and oxygen atoms in total. The molecule has 0 N–H and O–H groups in total. The Labute approximate surface area is 90.3 Å². The molecular formula is C13H17FO. The van der Waals surface area contributed by atoms with Crippen molar-refractivity contribution < 1.29 is 9.13 Å². The molecule has 2 heteroatoms. The summed E-state index contributed by atoms with van der Waals surface area (Å²) in [6, 6.07) is 5.16. The summed E-state index contributed by atoms with van der Waals surface area (Å²) >= 11 is 0. The number of hydrogen-bond acceptors (Lipinski definition) is 1. The van der Waals surface area contributed by atoms with Crippen LogP contribution in [0.25, 0.3) is 0 Å². The topological polar surface area (TPSA) is 9.23 Å². The zero-order chi connectivity index (χ0) is 10.8. The van der Waals surface area contributed by atoms with Crippen LogP contribution in [-0.2, 0) is 0 Å². The van der Waals surface area contributed by atoms with E-state index in [1.165, 1.54) is 12.5 Å². The Morgan fingerprint density at radius 1 is 1.33 bits per heavy atom. The maximum atomic E-state index is 13.4. The number of rotatable bonds is 3. The first kappa shape index (κ1) is 10.5. The van der Waals surface area contributed by atoms with E-state index in [9.17, 15) is 4.39 Å². The SMILES string of the molecule is CC(C)c1ccc(F)c(OC2CCC2)c1. The third kappa shape index (κ3) is 2.31. The van der Waals surface area contributed by atoms with Gasteiger partial charge in [0.15, 0.2) is 11.6 Å². The van der Waals surface area contributed by atoms with Crippen LogP contribution in [0.1, 0.15) is 44.6 Å². The Morgan fingerprint density at radius 3 is 2.60 bits per heavy atom.